The van der Waals surface area contributed by atoms with Gasteiger partial charge in [-0.1, -0.05) is 13.3 Å². The second-order valence-electron chi connectivity index (χ2n) is 10.1. The van der Waals surface area contributed by atoms with E-state index < -0.39 is 36.9 Å². The number of ether oxygens (including phenoxy) is 2. The van der Waals surface area contributed by atoms with Crippen LogP contribution in [0.15, 0.2) is 69.7 Å². The Morgan fingerprint density at radius 3 is 1.94 bits per heavy atom. The second-order valence-corrected chi connectivity index (χ2v) is 13.5. The first-order chi connectivity index (χ1) is 24.1. The molecule has 0 saturated carbocycles. The molecule has 0 fully saturated rings. The van der Waals surface area contributed by atoms with Crippen molar-refractivity contribution in [2.45, 2.75) is 45.4 Å². The summed E-state index contributed by atoms with van der Waals surface area (Å²) in [5, 5.41) is 29.6. The Labute approximate surface area is 299 Å². The van der Waals surface area contributed by atoms with Crippen LogP contribution in [0.5, 0.6) is 0 Å². The van der Waals surface area contributed by atoms with E-state index in [1.807, 2.05) is 30.9 Å². The zero-order valence-corrected chi connectivity index (χ0v) is 30.2. The minimum absolute atomic E-state index is 0.0244. The molecule has 0 aliphatic heterocycles. The van der Waals surface area contributed by atoms with Crippen molar-refractivity contribution >= 4 is 81.9 Å². The molecule has 2 aromatic heterocycles. The molecule has 0 bridgehead atoms. The van der Waals surface area contributed by atoms with E-state index in [0.29, 0.717) is 24.3 Å². The van der Waals surface area contributed by atoms with Gasteiger partial charge in [0.15, 0.2) is 5.00 Å². The van der Waals surface area contributed by atoms with Gasteiger partial charge in [-0.2, -0.15) is 8.42 Å². The van der Waals surface area contributed by atoms with Crippen molar-refractivity contribution in [3.8, 4) is 0 Å². The number of carbonyl (C=O) groups excluding carboxylic acids is 2. The van der Waals surface area contributed by atoms with Gasteiger partial charge in [0.05, 0.1) is 33.6 Å². The van der Waals surface area contributed by atoms with E-state index >= 15 is 0 Å². The number of nitro groups is 2. The molecule has 0 aliphatic rings. The number of hydrogen-bond donors (Lipinski definition) is 1. The van der Waals surface area contributed by atoms with Gasteiger partial charge in [-0.15, -0.1) is 14.1 Å². The van der Waals surface area contributed by atoms with Crippen molar-refractivity contribution in [2.24, 2.45) is 10.2 Å². The number of anilines is 3. The molecular formula is C31H33FN6O10S3. The summed E-state index contributed by atoms with van der Waals surface area (Å²) in [5.74, 6) is -1.35. The summed E-state index contributed by atoms with van der Waals surface area (Å²) in [6, 6.07) is 13.2. The summed E-state index contributed by atoms with van der Waals surface area (Å²) in [4.78, 5) is 45.3. The monoisotopic (exact) mass is 764 g/mol. The quantitative estimate of drug-likeness (QED) is 0.0419. The summed E-state index contributed by atoms with van der Waals surface area (Å²) in [6.07, 6.45) is 1.53. The lowest BCUT2D eigenvalue weighted by molar-refractivity contribution is -0.380. The van der Waals surface area contributed by atoms with Crippen molar-refractivity contribution in [2.75, 3.05) is 30.4 Å². The molecule has 0 unspecified atom stereocenters. The number of azo groups is 1. The number of hydrogen-bond acceptors (Lipinski definition) is 16. The van der Waals surface area contributed by atoms with Gasteiger partial charge in [0.25, 0.3) is 0 Å². The molecule has 2 N–H and O–H groups in total. The highest BCUT2D eigenvalue weighted by molar-refractivity contribution is 7.86. The van der Waals surface area contributed by atoms with E-state index in [-0.39, 0.29) is 44.3 Å². The topological polar surface area (TPSA) is 227 Å². The normalized spacial score (nSPS) is 11.1. The van der Waals surface area contributed by atoms with Crippen molar-refractivity contribution in [1.82, 2.24) is 0 Å². The summed E-state index contributed by atoms with van der Waals surface area (Å²) in [6.45, 7) is 8.11. The van der Waals surface area contributed by atoms with E-state index in [1.165, 1.54) is 12.1 Å². The van der Waals surface area contributed by atoms with Crippen LogP contribution < -0.4 is 10.6 Å². The molecular weight excluding hydrogens is 732 g/mol. The third kappa shape index (κ3) is 10.6. The molecule has 272 valence electrons. The van der Waals surface area contributed by atoms with Gasteiger partial charge >= 0.3 is 32.2 Å². The number of rotatable bonds is 14. The van der Waals surface area contributed by atoms with Gasteiger partial charge in [0, 0.05) is 30.1 Å². The fourth-order valence-corrected chi connectivity index (χ4v) is 6.46. The largest absolute Gasteiger partial charge is 0.462 e. The Hall–Kier alpha value is -5.34. The number of benzene rings is 2. The highest BCUT2D eigenvalue weighted by Crippen LogP contribution is 2.38. The molecule has 20 heteroatoms. The van der Waals surface area contributed by atoms with Crippen molar-refractivity contribution < 1.29 is 41.2 Å². The Bertz CT molecular complexity index is 2030. The zero-order chi connectivity index (χ0) is 37.9. The highest BCUT2D eigenvalue weighted by atomic mass is 32.3. The molecule has 2 aromatic carbocycles. The molecule has 4 aromatic rings. The Morgan fingerprint density at radius 2 is 1.43 bits per heavy atom. The number of esters is 2. The van der Waals surface area contributed by atoms with Crippen LogP contribution in [-0.2, 0) is 26.1 Å². The molecule has 0 radical (unpaired) electrons. The lowest BCUT2D eigenvalue weighted by Crippen LogP contribution is -2.17. The van der Waals surface area contributed by atoms with Gasteiger partial charge in [-0.25, -0.2) is 9.59 Å². The fourth-order valence-electron chi connectivity index (χ4n) is 4.49. The molecule has 51 heavy (non-hydrogen) atoms. The number of nitrogens with zero attached hydrogens (tertiary/aromatic N) is 5. The van der Waals surface area contributed by atoms with Crippen LogP contribution in [-0.4, -0.2) is 50.0 Å². The molecule has 0 spiro atoms. The van der Waals surface area contributed by atoms with Crippen molar-refractivity contribution in [3.63, 3.8) is 0 Å². The summed E-state index contributed by atoms with van der Waals surface area (Å²) in [5.41, 5.74) is 8.42. The first-order valence-corrected chi connectivity index (χ1v) is 18.2. The van der Waals surface area contributed by atoms with Crippen LogP contribution in [0.25, 0.3) is 0 Å². The molecule has 0 atom stereocenters. The Balaban J connectivity index is 0.000000419. The van der Waals surface area contributed by atoms with Gasteiger partial charge in [0.2, 0.25) is 0 Å². The van der Waals surface area contributed by atoms with E-state index in [9.17, 15) is 42.1 Å². The number of carbonyl (C=O) groups is 2. The number of halogens is 1. The van der Waals surface area contributed by atoms with Gasteiger partial charge in [-0.05, 0) is 97.9 Å². The third-order valence-corrected chi connectivity index (χ3v) is 9.40. The van der Waals surface area contributed by atoms with E-state index in [4.69, 9.17) is 10.5 Å². The summed E-state index contributed by atoms with van der Waals surface area (Å²) in [7, 11) is -4.79. The van der Waals surface area contributed by atoms with Gasteiger partial charge in [0.1, 0.15) is 16.1 Å². The maximum atomic E-state index is 13.3. The molecule has 0 amide bonds. The molecule has 0 aliphatic carbocycles. The van der Waals surface area contributed by atoms with Crippen LogP contribution in [0.2, 0.25) is 0 Å². The van der Waals surface area contributed by atoms with E-state index in [0.717, 1.165) is 52.5 Å². The summed E-state index contributed by atoms with van der Waals surface area (Å²) >= 11 is 1.48. The highest BCUT2D eigenvalue weighted by Gasteiger charge is 2.23. The lowest BCUT2D eigenvalue weighted by atomic mass is 10.1. The minimum atomic E-state index is -4.79. The first kappa shape index (κ1) is 40.1. The number of aryl methyl sites for hydroxylation is 1. The number of nitrogens with two attached hydrogens (primary N) is 1. The maximum Gasteiger partial charge on any atom is 0.341 e. The number of thiophene rings is 2. The van der Waals surface area contributed by atoms with Crippen LogP contribution >= 0.6 is 22.7 Å². The smallest absolute Gasteiger partial charge is 0.341 e. The van der Waals surface area contributed by atoms with Gasteiger partial charge in [-0.3, -0.25) is 20.2 Å². The van der Waals surface area contributed by atoms with Crippen LogP contribution in [0, 0.1) is 20.2 Å². The van der Waals surface area contributed by atoms with Crippen LogP contribution in [0.1, 0.15) is 60.4 Å². The average Bonchev–Trinajstić information content (AvgIpc) is 3.70. The molecule has 0 saturated heterocycles. The lowest BCUT2D eigenvalue weighted by Gasteiger charge is -2.26. The molecule has 4 rings (SSSR count). The predicted octanol–water partition coefficient (Wildman–Crippen LogP) is 8.43. The minimum Gasteiger partial charge on any atom is -0.462 e. The first-order valence-electron chi connectivity index (χ1n) is 15.2. The van der Waals surface area contributed by atoms with Crippen molar-refractivity contribution in [3.05, 3.63) is 91.5 Å². The third-order valence-electron chi connectivity index (χ3n) is 6.67. The SMILES string of the molecule is CCCc1cc(N=Nc2sc([N+](=O)[O-])cc2C(=O)OCC)ccc1N(CC)c1ccc(S(=O)(=O)F)cc1.CCOC(=O)c1cc([N+](=O)[O-])sc1N. The summed E-state index contributed by atoms with van der Waals surface area (Å²) < 4.78 is 45.3. The molecule has 2 heterocycles. The second kappa shape index (κ2) is 18.1. The van der Waals surface area contributed by atoms with Gasteiger partial charge < -0.3 is 20.1 Å². The predicted molar refractivity (Wildman–Crippen MR) is 190 cm³/mol. The number of nitrogen functional groups attached to an aromatic ring is 1. The average molecular weight is 765 g/mol. The van der Waals surface area contributed by atoms with Crippen LogP contribution in [0.4, 0.5) is 41.0 Å². The van der Waals surface area contributed by atoms with E-state index in [1.54, 1.807) is 32.0 Å². The van der Waals surface area contributed by atoms with Crippen LogP contribution in [0.3, 0.4) is 0 Å². The van der Waals surface area contributed by atoms with E-state index in [2.05, 4.69) is 15.0 Å². The Morgan fingerprint density at radius 1 is 0.863 bits per heavy atom. The standard InChI is InChI=1S/C24H25FN4O6S2.C7H8N2O4S/c1-4-7-16-14-17(26-27-23-20(24(30)35-6-3)15-22(36-23)29(31)32)8-13-21(16)28(5-2)18-9-11-19(12-10-18)37(25,33)34;1-2-13-7(10)4-3-5(9(11)12)14-6(4)8/h8-15H,4-7H2,1-3H3;3H,2,8H2,1H3. The maximum absolute atomic E-state index is 13.3. The molecule has 16 nitrogen and oxygen atoms in total. The van der Waals surface area contributed by atoms with Crippen molar-refractivity contribution in [1.29, 1.82) is 0 Å². The fraction of sp³-hybridized carbons (Fsp3) is 0.290. The Kier molecular flexibility index (Phi) is 14.2. The zero-order valence-electron chi connectivity index (χ0n) is 27.7.